The zero-order valence-electron chi connectivity index (χ0n) is 14.5. The summed E-state index contributed by atoms with van der Waals surface area (Å²) in [7, 11) is 0. The minimum absolute atomic E-state index is 0.0455. The number of rotatable bonds is 4. The van der Waals surface area contributed by atoms with E-state index in [0.717, 1.165) is 57.7 Å². The Kier molecular flexibility index (Phi) is 4.78. The molecule has 4 rings (SSSR count). The normalized spacial score (nSPS) is 21.6. The molecule has 0 aliphatic carbocycles. The molecule has 1 N–H and O–H groups in total. The molecule has 0 unspecified atom stereocenters. The average Bonchev–Trinajstić information content (AvgIpc) is 3.34. The topological polar surface area (TPSA) is 63.1 Å². The van der Waals surface area contributed by atoms with Crippen molar-refractivity contribution in [3.63, 3.8) is 0 Å². The number of piperidine rings is 1. The number of amides is 1. The van der Waals surface area contributed by atoms with Crippen LogP contribution in [0.15, 0.2) is 36.9 Å². The molecule has 0 aromatic carbocycles. The van der Waals surface area contributed by atoms with Gasteiger partial charge in [-0.1, -0.05) is 6.07 Å². The van der Waals surface area contributed by atoms with Gasteiger partial charge >= 0.3 is 0 Å². The van der Waals surface area contributed by atoms with Gasteiger partial charge in [0.25, 0.3) is 0 Å². The van der Waals surface area contributed by atoms with Crippen molar-refractivity contribution in [3.8, 4) is 0 Å². The highest BCUT2D eigenvalue weighted by Crippen LogP contribution is 2.28. The van der Waals surface area contributed by atoms with E-state index in [9.17, 15) is 4.79 Å². The van der Waals surface area contributed by atoms with Gasteiger partial charge in [0.1, 0.15) is 5.82 Å². The summed E-state index contributed by atoms with van der Waals surface area (Å²) in [6.07, 6.45) is 11.7. The molecule has 6 heteroatoms. The maximum Gasteiger partial charge on any atom is 0.239 e. The number of pyridine rings is 1. The zero-order valence-corrected chi connectivity index (χ0v) is 14.5. The van der Waals surface area contributed by atoms with E-state index in [2.05, 4.69) is 25.9 Å². The van der Waals surface area contributed by atoms with Gasteiger partial charge in [0.2, 0.25) is 5.91 Å². The summed E-state index contributed by atoms with van der Waals surface area (Å²) in [5.74, 6) is 1.84. The number of carbonyl (C=O) groups is 1. The fourth-order valence-corrected chi connectivity index (χ4v) is 3.98. The molecule has 2 fully saturated rings. The minimum Gasteiger partial charge on any atom is -0.341 e. The summed E-state index contributed by atoms with van der Waals surface area (Å²) in [4.78, 5) is 23.4. The van der Waals surface area contributed by atoms with Gasteiger partial charge in [-0.15, -0.1) is 0 Å². The SMILES string of the molecule is O=C([C@@H]1CCCN1)N1CCC(c2nccn2Cc2cccnc2)CC1. The molecule has 2 aliphatic rings. The van der Waals surface area contributed by atoms with Crippen molar-refractivity contribution in [1.82, 2.24) is 24.8 Å². The van der Waals surface area contributed by atoms with Crippen LogP contribution in [-0.4, -0.2) is 51.0 Å². The molecule has 6 nitrogen and oxygen atoms in total. The quantitative estimate of drug-likeness (QED) is 0.922. The highest BCUT2D eigenvalue weighted by atomic mass is 16.2. The second-order valence-electron chi connectivity index (χ2n) is 7.02. The molecule has 0 saturated carbocycles. The molecule has 1 amide bonds. The average molecular weight is 339 g/mol. The Bertz CT molecular complexity index is 700. The van der Waals surface area contributed by atoms with Gasteiger partial charge < -0.3 is 14.8 Å². The Labute approximate surface area is 148 Å². The van der Waals surface area contributed by atoms with Gasteiger partial charge in [0, 0.05) is 43.8 Å². The van der Waals surface area contributed by atoms with Gasteiger partial charge in [-0.05, 0) is 43.9 Å². The zero-order chi connectivity index (χ0) is 17.1. The van der Waals surface area contributed by atoms with Crippen LogP contribution in [0.3, 0.4) is 0 Å². The van der Waals surface area contributed by atoms with Crippen molar-refractivity contribution in [3.05, 3.63) is 48.3 Å². The lowest BCUT2D eigenvalue weighted by atomic mass is 9.95. The summed E-state index contributed by atoms with van der Waals surface area (Å²) < 4.78 is 2.22. The second kappa shape index (κ2) is 7.35. The molecule has 4 heterocycles. The van der Waals surface area contributed by atoms with E-state index in [0.29, 0.717) is 5.92 Å². The number of imidazole rings is 1. The summed E-state index contributed by atoms with van der Waals surface area (Å²) in [5, 5.41) is 3.32. The molecule has 1 atom stereocenters. The van der Waals surface area contributed by atoms with Crippen LogP contribution in [0.4, 0.5) is 0 Å². The first-order chi connectivity index (χ1) is 12.3. The first-order valence-corrected chi connectivity index (χ1v) is 9.23. The Morgan fingerprint density at radius 3 is 2.84 bits per heavy atom. The van der Waals surface area contributed by atoms with E-state index in [1.54, 1.807) is 6.20 Å². The third-order valence-corrected chi connectivity index (χ3v) is 5.35. The van der Waals surface area contributed by atoms with Crippen LogP contribution in [0, 0.1) is 0 Å². The maximum atomic E-state index is 12.5. The van der Waals surface area contributed by atoms with E-state index < -0.39 is 0 Å². The Hall–Kier alpha value is -2.21. The van der Waals surface area contributed by atoms with Crippen LogP contribution in [0.5, 0.6) is 0 Å². The number of hydrogen-bond acceptors (Lipinski definition) is 4. The Morgan fingerprint density at radius 2 is 2.12 bits per heavy atom. The second-order valence-corrected chi connectivity index (χ2v) is 7.02. The van der Waals surface area contributed by atoms with Crippen LogP contribution in [0.25, 0.3) is 0 Å². The predicted octanol–water partition coefficient (Wildman–Crippen LogP) is 1.78. The van der Waals surface area contributed by atoms with Gasteiger partial charge in [-0.3, -0.25) is 9.78 Å². The molecule has 0 radical (unpaired) electrons. The lowest BCUT2D eigenvalue weighted by molar-refractivity contribution is -0.134. The van der Waals surface area contributed by atoms with E-state index in [4.69, 9.17) is 0 Å². The van der Waals surface area contributed by atoms with Crippen LogP contribution < -0.4 is 5.32 Å². The van der Waals surface area contributed by atoms with E-state index >= 15 is 0 Å². The van der Waals surface area contributed by atoms with Crippen LogP contribution in [0.1, 0.15) is 43.0 Å². The third kappa shape index (κ3) is 3.58. The molecule has 2 aliphatic heterocycles. The Morgan fingerprint density at radius 1 is 1.24 bits per heavy atom. The van der Waals surface area contributed by atoms with Gasteiger partial charge in [-0.2, -0.15) is 0 Å². The number of nitrogens with one attached hydrogen (secondary N) is 1. The molecule has 25 heavy (non-hydrogen) atoms. The molecule has 2 aromatic rings. The number of likely N-dealkylation sites (tertiary alicyclic amines) is 1. The first kappa shape index (κ1) is 16.3. The van der Waals surface area contributed by atoms with Crippen molar-refractivity contribution in [2.75, 3.05) is 19.6 Å². The largest absolute Gasteiger partial charge is 0.341 e. The lowest BCUT2D eigenvalue weighted by Crippen LogP contribution is -2.46. The fourth-order valence-electron chi connectivity index (χ4n) is 3.98. The van der Waals surface area contributed by atoms with Crippen molar-refractivity contribution >= 4 is 5.91 Å². The number of hydrogen-bond donors (Lipinski definition) is 1. The van der Waals surface area contributed by atoms with Gasteiger partial charge in [0.05, 0.1) is 12.6 Å². The highest BCUT2D eigenvalue weighted by Gasteiger charge is 2.31. The summed E-state index contributed by atoms with van der Waals surface area (Å²) in [6.45, 7) is 3.44. The van der Waals surface area contributed by atoms with Crippen molar-refractivity contribution in [1.29, 1.82) is 0 Å². The third-order valence-electron chi connectivity index (χ3n) is 5.35. The van der Waals surface area contributed by atoms with Crippen molar-refractivity contribution in [2.24, 2.45) is 0 Å². The molecule has 2 saturated heterocycles. The molecule has 2 aromatic heterocycles. The van der Waals surface area contributed by atoms with E-state index in [-0.39, 0.29) is 11.9 Å². The van der Waals surface area contributed by atoms with Crippen LogP contribution in [-0.2, 0) is 11.3 Å². The lowest BCUT2D eigenvalue weighted by Gasteiger charge is -2.33. The summed E-state index contributed by atoms with van der Waals surface area (Å²) in [6, 6.07) is 4.10. The van der Waals surface area contributed by atoms with Crippen LogP contribution in [0.2, 0.25) is 0 Å². The monoisotopic (exact) mass is 339 g/mol. The number of nitrogens with zero attached hydrogens (tertiary/aromatic N) is 4. The van der Waals surface area contributed by atoms with E-state index in [1.807, 2.05) is 29.6 Å². The number of carbonyl (C=O) groups excluding carboxylic acids is 1. The summed E-state index contributed by atoms with van der Waals surface area (Å²) >= 11 is 0. The molecule has 0 spiro atoms. The molecular formula is C19H25N5O. The minimum atomic E-state index is 0.0455. The Balaban J connectivity index is 1.38. The van der Waals surface area contributed by atoms with E-state index in [1.165, 1.54) is 5.56 Å². The molecule has 0 bridgehead atoms. The molecular weight excluding hydrogens is 314 g/mol. The highest BCUT2D eigenvalue weighted by molar-refractivity contribution is 5.82. The van der Waals surface area contributed by atoms with Gasteiger partial charge in [0.15, 0.2) is 0 Å². The van der Waals surface area contributed by atoms with Crippen molar-refractivity contribution < 1.29 is 4.79 Å². The standard InChI is InChI=1S/C19H25N5O/c25-19(17-4-2-8-21-17)23-10-5-16(6-11-23)18-22-9-12-24(18)14-15-3-1-7-20-13-15/h1,3,7,9,12-13,16-17,21H,2,4-6,8,10-11,14H2/t17-/m0/s1. The first-order valence-electron chi connectivity index (χ1n) is 9.23. The van der Waals surface area contributed by atoms with Crippen molar-refractivity contribution in [2.45, 2.75) is 44.2 Å². The smallest absolute Gasteiger partial charge is 0.239 e. The predicted molar refractivity (Wildman–Crippen MR) is 95.1 cm³/mol. The number of aromatic nitrogens is 3. The maximum absolute atomic E-state index is 12.5. The van der Waals surface area contributed by atoms with Crippen LogP contribution >= 0.6 is 0 Å². The van der Waals surface area contributed by atoms with Gasteiger partial charge in [-0.25, -0.2) is 4.98 Å². The fraction of sp³-hybridized carbons (Fsp3) is 0.526. The molecule has 132 valence electrons. The summed E-state index contributed by atoms with van der Waals surface area (Å²) in [5.41, 5.74) is 1.18.